The monoisotopic (exact) mass is 336 g/mol. The van der Waals surface area contributed by atoms with E-state index in [1.807, 2.05) is 74.4 Å². The number of hydrogen-bond donors (Lipinski definition) is 0. The van der Waals surface area contributed by atoms with Crippen LogP contribution >= 0.6 is 0 Å². The number of nitrogens with zero attached hydrogens (tertiary/aromatic N) is 2. The first-order chi connectivity index (χ1) is 12.1. The summed E-state index contributed by atoms with van der Waals surface area (Å²) in [6, 6.07) is 15.2. The molecule has 5 nitrogen and oxygen atoms in total. The molecule has 1 aliphatic heterocycles. The molecule has 0 radical (unpaired) electrons. The first kappa shape index (κ1) is 16.8. The molecule has 0 atom stereocenters. The van der Waals surface area contributed by atoms with Crippen LogP contribution in [0.15, 0.2) is 59.2 Å². The average Bonchev–Trinajstić information content (AvgIpc) is 2.97. The minimum atomic E-state index is -0.444. The Bertz CT molecular complexity index is 819. The Labute approximate surface area is 147 Å². The quantitative estimate of drug-likeness (QED) is 0.619. The number of aliphatic imine (C=N–C) groups is 1. The van der Waals surface area contributed by atoms with Crippen molar-refractivity contribution in [3.8, 4) is 5.75 Å². The maximum Gasteiger partial charge on any atom is 0.363 e. The van der Waals surface area contributed by atoms with Crippen LogP contribution in [0.1, 0.15) is 18.1 Å². The fraction of sp³-hybridized carbons (Fsp3) is 0.200. The van der Waals surface area contributed by atoms with Crippen LogP contribution in [0.3, 0.4) is 0 Å². The molecule has 0 aliphatic carbocycles. The molecule has 1 aliphatic rings. The van der Waals surface area contributed by atoms with E-state index in [4.69, 9.17) is 9.47 Å². The summed E-state index contributed by atoms with van der Waals surface area (Å²) in [6.45, 7) is 2.54. The largest absolute Gasteiger partial charge is 0.494 e. The highest BCUT2D eigenvalue weighted by Gasteiger charge is 2.24. The van der Waals surface area contributed by atoms with Gasteiger partial charge in [0.05, 0.1) is 6.61 Å². The summed E-state index contributed by atoms with van der Waals surface area (Å²) in [6.07, 6.45) is 1.73. The van der Waals surface area contributed by atoms with E-state index in [-0.39, 0.29) is 0 Å². The molecular weight excluding hydrogens is 316 g/mol. The Balaban J connectivity index is 1.81. The number of anilines is 1. The van der Waals surface area contributed by atoms with Crippen molar-refractivity contribution in [2.45, 2.75) is 6.92 Å². The van der Waals surface area contributed by atoms with Crippen LogP contribution in [0.5, 0.6) is 5.75 Å². The first-order valence-corrected chi connectivity index (χ1v) is 8.10. The third kappa shape index (κ3) is 3.88. The summed E-state index contributed by atoms with van der Waals surface area (Å²) >= 11 is 0. The second-order valence-corrected chi connectivity index (χ2v) is 5.78. The van der Waals surface area contributed by atoms with Crippen molar-refractivity contribution in [2.24, 2.45) is 4.99 Å². The molecule has 0 aromatic heterocycles. The molecule has 5 heteroatoms. The highest BCUT2D eigenvalue weighted by Crippen LogP contribution is 2.22. The number of hydrogen-bond acceptors (Lipinski definition) is 5. The minimum Gasteiger partial charge on any atom is -0.494 e. The van der Waals surface area contributed by atoms with E-state index in [0.717, 1.165) is 22.6 Å². The summed E-state index contributed by atoms with van der Waals surface area (Å²) in [5.74, 6) is 0.637. The highest BCUT2D eigenvalue weighted by atomic mass is 16.6. The van der Waals surface area contributed by atoms with Crippen molar-refractivity contribution >= 4 is 23.6 Å². The summed E-state index contributed by atoms with van der Waals surface area (Å²) < 4.78 is 10.7. The number of ether oxygens (including phenoxy) is 2. The maximum absolute atomic E-state index is 12.1. The van der Waals surface area contributed by atoms with Crippen molar-refractivity contribution in [1.29, 1.82) is 0 Å². The van der Waals surface area contributed by atoms with Crippen LogP contribution in [0, 0.1) is 0 Å². The maximum atomic E-state index is 12.1. The van der Waals surface area contributed by atoms with Crippen molar-refractivity contribution < 1.29 is 14.3 Å². The van der Waals surface area contributed by atoms with Crippen LogP contribution in [0.2, 0.25) is 0 Å². The Morgan fingerprint density at radius 1 is 1.08 bits per heavy atom. The van der Waals surface area contributed by atoms with Gasteiger partial charge in [-0.05, 0) is 55.0 Å². The fourth-order valence-electron chi connectivity index (χ4n) is 2.42. The first-order valence-electron chi connectivity index (χ1n) is 8.10. The molecule has 0 saturated heterocycles. The number of benzene rings is 2. The molecule has 1 heterocycles. The number of esters is 1. The van der Waals surface area contributed by atoms with Gasteiger partial charge < -0.3 is 14.4 Å². The Morgan fingerprint density at radius 3 is 2.36 bits per heavy atom. The van der Waals surface area contributed by atoms with Crippen LogP contribution in [0.4, 0.5) is 5.69 Å². The lowest BCUT2D eigenvalue weighted by Gasteiger charge is -2.11. The molecule has 0 unspecified atom stereocenters. The Morgan fingerprint density at radius 2 is 1.76 bits per heavy atom. The Hall–Kier alpha value is -3.08. The second-order valence-electron chi connectivity index (χ2n) is 5.78. The lowest BCUT2D eigenvalue weighted by atomic mass is 10.1. The lowest BCUT2D eigenvalue weighted by Crippen LogP contribution is -2.08. The predicted octanol–water partition coefficient (Wildman–Crippen LogP) is 3.50. The van der Waals surface area contributed by atoms with Gasteiger partial charge in [-0.15, -0.1) is 0 Å². The molecule has 0 fully saturated rings. The van der Waals surface area contributed by atoms with E-state index in [1.54, 1.807) is 6.08 Å². The molecule has 2 aromatic rings. The van der Waals surface area contributed by atoms with Crippen LogP contribution in [0.25, 0.3) is 6.08 Å². The van der Waals surface area contributed by atoms with E-state index >= 15 is 0 Å². The lowest BCUT2D eigenvalue weighted by molar-refractivity contribution is -0.129. The van der Waals surface area contributed by atoms with Gasteiger partial charge in [0.1, 0.15) is 5.75 Å². The van der Waals surface area contributed by atoms with E-state index in [1.165, 1.54) is 0 Å². The van der Waals surface area contributed by atoms with Gasteiger partial charge in [-0.2, -0.15) is 0 Å². The van der Waals surface area contributed by atoms with Crippen molar-refractivity contribution in [3.63, 3.8) is 0 Å². The van der Waals surface area contributed by atoms with Gasteiger partial charge >= 0.3 is 5.97 Å². The number of rotatable bonds is 5. The molecule has 128 valence electrons. The third-order valence-corrected chi connectivity index (χ3v) is 3.75. The van der Waals surface area contributed by atoms with Crippen molar-refractivity contribution in [2.75, 3.05) is 25.6 Å². The standard InChI is InChI=1S/C20H20N2O3/c1-4-24-17-11-7-15(8-12-17)19-21-18(20(23)25-19)13-14-5-9-16(10-6-14)22(2)3/h5-13H,4H2,1-3H3/b18-13-. The normalized spacial score (nSPS) is 15.1. The van der Waals surface area contributed by atoms with Gasteiger partial charge in [0.25, 0.3) is 0 Å². The molecule has 2 aromatic carbocycles. The Kier molecular flexibility index (Phi) is 4.84. The second kappa shape index (κ2) is 7.21. The number of carbonyl (C=O) groups is 1. The molecule has 25 heavy (non-hydrogen) atoms. The summed E-state index contributed by atoms with van der Waals surface area (Å²) in [5, 5.41) is 0. The number of cyclic esters (lactones) is 1. The molecule has 0 bridgehead atoms. The zero-order valence-corrected chi connectivity index (χ0v) is 14.5. The molecular formula is C20H20N2O3. The van der Waals surface area contributed by atoms with Gasteiger partial charge in [-0.1, -0.05) is 12.1 Å². The SMILES string of the molecule is CCOc1ccc(C2=N/C(=C\c3ccc(N(C)C)cc3)C(=O)O2)cc1. The highest BCUT2D eigenvalue weighted by molar-refractivity contribution is 6.12. The molecule has 0 amide bonds. The molecule has 0 spiro atoms. The van der Waals surface area contributed by atoms with E-state index in [2.05, 4.69) is 4.99 Å². The molecule has 0 saturated carbocycles. The summed E-state index contributed by atoms with van der Waals surface area (Å²) in [7, 11) is 3.96. The predicted molar refractivity (Wildman–Crippen MR) is 99.0 cm³/mol. The fourth-order valence-corrected chi connectivity index (χ4v) is 2.42. The van der Waals surface area contributed by atoms with Crippen LogP contribution in [-0.2, 0) is 9.53 Å². The minimum absolute atomic E-state index is 0.293. The van der Waals surface area contributed by atoms with E-state index < -0.39 is 5.97 Å². The molecule has 0 N–H and O–H groups in total. The van der Waals surface area contributed by atoms with Crippen LogP contribution < -0.4 is 9.64 Å². The zero-order chi connectivity index (χ0) is 17.8. The van der Waals surface area contributed by atoms with Crippen molar-refractivity contribution in [3.05, 3.63) is 65.4 Å². The topological polar surface area (TPSA) is 51.1 Å². The summed E-state index contributed by atoms with van der Waals surface area (Å²) in [4.78, 5) is 18.4. The van der Waals surface area contributed by atoms with E-state index in [9.17, 15) is 4.79 Å². The number of carbonyl (C=O) groups excluding carboxylic acids is 1. The average molecular weight is 336 g/mol. The molecule has 3 rings (SSSR count). The summed E-state index contributed by atoms with van der Waals surface area (Å²) in [5.41, 5.74) is 3.02. The van der Waals surface area contributed by atoms with Crippen LogP contribution in [-0.4, -0.2) is 32.6 Å². The van der Waals surface area contributed by atoms with Gasteiger partial charge in [0.2, 0.25) is 5.90 Å². The third-order valence-electron chi connectivity index (χ3n) is 3.75. The van der Waals surface area contributed by atoms with Gasteiger partial charge in [-0.3, -0.25) is 0 Å². The van der Waals surface area contributed by atoms with E-state index in [0.29, 0.717) is 18.2 Å². The van der Waals surface area contributed by atoms with Gasteiger partial charge in [0.15, 0.2) is 5.70 Å². The zero-order valence-electron chi connectivity index (χ0n) is 14.5. The van der Waals surface area contributed by atoms with Gasteiger partial charge in [0, 0.05) is 25.3 Å². The smallest absolute Gasteiger partial charge is 0.363 e. The van der Waals surface area contributed by atoms with Crippen molar-refractivity contribution in [1.82, 2.24) is 0 Å². The van der Waals surface area contributed by atoms with Gasteiger partial charge in [-0.25, -0.2) is 9.79 Å².